The van der Waals surface area contributed by atoms with E-state index in [2.05, 4.69) is 16.0 Å². The van der Waals surface area contributed by atoms with Gasteiger partial charge in [0.25, 0.3) is 0 Å². The van der Waals surface area contributed by atoms with E-state index in [1.165, 1.54) is 37.9 Å². The van der Waals surface area contributed by atoms with E-state index in [0.717, 1.165) is 0 Å². The van der Waals surface area contributed by atoms with Gasteiger partial charge in [-0.1, -0.05) is 26.0 Å². The predicted molar refractivity (Wildman–Crippen MR) is 129 cm³/mol. The van der Waals surface area contributed by atoms with Gasteiger partial charge in [0.15, 0.2) is 0 Å². The fourth-order valence-electron chi connectivity index (χ4n) is 3.26. The SMILES string of the molecule is CC(=O)N(C)C(Cc1ccc(O)cc1)C(=O)NC(C(=O)NC(C)C(=O)NC(C=O)CC(=O)O)C(C)C. The Kier molecular flexibility index (Phi) is 11.5. The van der Waals surface area contributed by atoms with Crippen molar-refractivity contribution in [3.63, 3.8) is 0 Å². The average molecular weight is 507 g/mol. The van der Waals surface area contributed by atoms with Crippen LogP contribution in [0.25, 0.3) is 0 Å². The summed E-state index contributed by atoms with van der Waals surface area (Å²) in [5.74, 6) is -4.00. The molecule has 4 unspecified atom stereocenters. The number of rotatable bonds is 13. The van der Waals surface area contributed by atoms with Crippen LogP contribution in [0, 0.1) is 5.92 Å². The number of carbonyl (C=O) groups excluding carboxylic acids is 5. The number of phenolic OH excluding ortho intramolecular Hbond substituents is 1. The third kappa shape index (κ3) is 9.35. The summed E-state index contributed by atoms with van der Waals surface area (Å²) < 4.78 is 0. The minimum Gasteiger partial charge on any atom is -0.508 e. The van der Waals surface area contributed by atoms with Gasteiger partial charge in [-0.25, -0.2) is 0 Å². The lowest BCUT2D eigenvalue weighted by molar-refractivity contribution is -0.140. The molecule has 0 aliphatic carbocycles. The van der Waals surface area contributed by atoms with Crippen molar-refractivity contribution in [2.75, 3.05) is 7.05 Å². The lowest BCUT2D eigenvalue weighted by atomic mass is 10.00. The zero-order valence-electron chi connectivity index (χ0n) is 21.0. The highest BCUT2D eigenvalue weighted by molar-refractivity contribution is 5.94. The topological polar surface area (TPSA) is 182 Å². The van der Waals surface area contributed by atoms with Crippen molar-refractivity contribution in [1.82, 2.24) is 20.9 Å². The van der Waals surface area contributed by atoms with Crippen LogP contribution in [0.4, 0.5) is 0 Å². The van der Waals surface area contributed by atoms with Crippen LogP contribution in [0.1, 0.15) is 39.7 Å². The predicted octanol–water partition coefficient (Wildman–Crippen LogP) is -0.414. The molecule has 4 atom stereocenters. The van der Waals surface area contributed by atoms with Crippen LogP contribution < -0.4 is 16.0 Å². The lowest BCUT2D eigenvalue weighted by Crippen LogP contribution is -2.58. The largest absolute Gasteiger partial charge is 0.508 e. The molecule has 12 heteroatoms. The van der Waals surface area contributed by atoms with Crippen LogP contribution in [0.5, 0.6) is 5.75 Å². The zero-order valence-corrected chi connectivity index (χ0v) is 21.0. The first-order valence-corrected chi connectivity index (χ1v) is 11.4. The van der Waals surface area contributed by atoms with Crippen LogP contribution >= 0.6 is 0 Å². The summed E-state index contributed by atoms with van der Waals surface area (Å²) in [6.45, 7) is 6.04. The first kappa shape index (κ1) is 30.1. The Hall–Kier alpha value is -3.96. The number of aldehydes is 1. The number of aromatic hydroxyl groups is 1. The lowest BCUT2D eigenvalue weighted by Gasteiger charge is -2.30. The molecule has 0 saturated carbocycles. The van der Waals surface area contributed by atoms with E-state index in [0.29, 0.717) is 5.56 Å². The molecule has 0 heterocycles. The number of hydrogen-bond donors (Lipinski definition) is 5. The molecule has 36 heavy (non-hydrogen) atoms. The summed E-state index contributed by atoms with van der Waals surface area (Å²) in [4.78, 5) is 73.4. The monoisotopic (exact) mass is 506 g/mol. The van der Waals surface area contributed by atoms with Crippen molar-refractivity contribution in [2.45, 2.75) is 64.7 Å². The molecule has 0 aliphatic heterocycles. The second-order valence-corrected chi connectivity index (χ2v) is 8.83. The van der Waals surface area contributed by atoms with Crippen molar-refractivity contribution < 1.29 is 39.0 Å². The van der Waals surface area contributed by atoms with Crippen LogP contribution in [0.15, 0.2) is 24.3 Å². The maximum atomic E-state index is 13.2. The van der Waals surface area contributed by atoms with Gasteiger partial charge in [0, 0.05) is 20.4 Å². The highest BCUT2D eigenvalue weighted by Gasteiger charge is 2.32. The molecule has 198 valence electrons. The molecule has 0 aliphatic rings. The first-order valence-electron chi connectivity index (χ1n) is 11.4. The smallest absolute Gasteiger partial charge is 0.305 e. The molecule has 0 bridgehead atoms. The molecule has 5 N–H and O–H groups in total. The Morgan fingerprint density at radius 1 is 0.944 bits per heavy atom. The third-order valence-electron chi connectivity index (χ3n) is 5.52. The van der Waals surface area contributed by atoms with E-state index in [-0.39, 0.29) is 24.4 Å². The maximum Gasteiger partial charge on any atom is 0.305 e. The molecule has 0 fully saturated rings. The fourth-order valence-corrected chi connectivity index (χ4v) is 3.26. The Morgan fingerprint density at radius 2 is 1.53 bits per heavy atom. The number of benzene rings is 1. The van der Waals surface area contributed by atoms with Gasteiger partial charge in [0.2, 0.25) is 23.6 Å². The molecule has 1 aromatic carbocycles. The number of carbonyl (C=O) groups is 6. The van der Waals surface area contributed by atoms with Gasteiger partial charge in [-0.3, -0.25) is 24.0 Å². The molecular weight excluding hydrogens is 472 g/mol. The van der Waals surface area contributed by atoms with E-state index >= 15 is 0 Å². The summed E-state index contributed by atoms with van der Waals surface area (Å²) in [5, 5.41) is 25.6. The summed E-state index contributed by atoms with van der Waals surface area (Å²) in [7, 11) is 1.46. The number of amides is 4. The summed E-state index contributed by atoms with van der Waals surface area (Å²) in [5.41, 5.74) is 0.683. The standard InChI is InChI=1S/C24H34N4O8/c1-13(2)21(24(36)25-14(3)22(34)26-17(12-29)11-20(32)33)27-23(35)19(28(5)15(4)30)10-16-6-8-18(31)9-7-16/h6-9,12-14,17,19,21,31H,10-11H2,1-5H3,(H,25,36)(H,26,34)(H,27,35)(H,32,33). The van der Waals surface area contributed by atoms with Crippen molar-refractivity contribution in [1.29, 1.82) is 0 Å². The van der Waals surface area contributed by atoms with E-state index < -0.39 is 60.2 Å². The van der Waals surface area contributed by atoms with E-state index in [4.69, 9.17) is 5.11 Å². The number of carboxylic acids is 1. The molecule has 0 spiro atoms. The van der Waals surface area contributed by atoms with Gasteiger partial charge >= 0.3 is 5.97 Å². The van der Waals surface area contributed by atoms with Crippen LogP contribution in [-0.4, -0.2) is 82.2 Å². The number of phenols is 1. The number of nitrogens with zero attached hydrogens (tertiary/aromatic N) is 1. The van der Waals surface area contributed by atoms with Crippen molar-refractivity contribution in [2.24, 2.45) is 5.92 Å². The highest BCUT2D eigenvalue weighted by atomic mass is 16.4. The number of hydrogen-bond acceptors (Lipinski definition) is 7. The van der Waals surface area contributed by atoms with Crippen LogP contribution in [-0.2, 0) is 35.2 Å². The Labute approximate surface area is 209 Å². The number of likely N-dealkylation sites (N-methyl/N-ethyl adjacent to an activating group) is 1. The number of aliphatic carboxylic acids is 1. The first-order chi connectivity index (χ1) is 16.8. The Balaban J connectivity index is 2.96. The number of nitrogens with one attached hydrogen (secondary N) is 3. The molecule has 0 saturated heterocycles. The second kappa shape index (κ2) is 13.8. The van der Waals surface area contributed by atoms with E-state index in [1.54, 1.807) is 26.0 Å². The second-order valence-electron chi connectivity index (χ2n) is 8.83. The molecule has 0 aromatic heterocycles. The molecule has 4 amide bonds. The van der Waals surface area contributed by atoms with Crippen LogP contribution in [0.2, 0.25) is 0 Å². The van der Waals surface area contributed by atoms with E-state index in [1.807, 2.05) is 0 Å². The molecule has 12 nitrogen and oxygen atoms in total. The minimum absolute atomic E-state index is 0.0526. The normalized spacial score (nSPS) is 14.1. The Morgan fingerprint density at radius 3 is 2.00 bits per heavy atom. The van der Waals surface area contributed by atoms with Gasteiger partial charge in [-0.2, -0.15) is 0 Å². The molecular formula is C24H34N4O8. The van der Waals surface area contributed by atoms with Gasteiger partial charge < -0.3 is 35.9 Å². The fraction of sp³-hybridized carbons (Fsp3) is 0.500. The average Bonchev–Trinajstić information content (AvgIpc) is 2.80. The molecule has 0 radical (unpaired) electrons. The van der Waals surface area contributed by atoms with E-state index in [9.17, 15) is 33.9 Å². The van der Waals surface area contributed by atoms with Gasteiger partial charge in [0.1, 0.15) is 30.2 Å². The molecule has 1 aromatic rings. The third-order valence-corrected chi connectivity index (χ3v) is 5.52. The minimum atomic E-state index is -1.27. The maximum absolute atomic E-state index is 13.2. The number of carboxylic acid groups (broad SMARTS) is 1. The van der Waals surface area contributed by atoms with Crippen molar-refractivity contribution in [3.8, 4) is 5.75 Å². The molecule has 1 rings (SSSR count). The van der Waals surface area contributed by atoms with Crippen molar-refractivity contribution in [3.05, 3.63) is 29.8 Å². The zero-order chi connectivity index (χ0) is 27.6. The summed E-state index contributed by atoms with van der Waals surface area (Å²) in [6, 6.07) is 1.77. The Bertz CT molecular complexity index is 963. The quantitative estimate of drug-likeness (QED) is 0.224. The summed E-state index contributed by atoms with van der Waals surface area (Å²) >= 11 is 0. The van der Waals surface area contributed by atoms with Crippen LogP contribution in [0.3, 0.4) is 0 Å². The van der Waals surface area contributed by atoms with Gasteiger partial charge in [-0.15, -0.1) is 0 Å². The highest BCUT2D eigenvalue weighted by Crippen LogP contribution is 2.14. The van der Waals surface area contributed by atoms with Crippen molar-refractivity contribution >= 4 is 35.9 Å². The van der Waals surface area contributed by atoms with Gasteiger partial charge in [-0.05, 0) is 30.5 Å². The van der Waals surface area contributed by atoms with Gasteiger partial charge in [0.05, 0.1) is 12.5 Å². The summed E-state index contributed by atoms with van der Waals surface area (Å²) in [6.07, 6.45) is -0.186.